The summed E-state index contributed by atoms with van der Waals surface area (Å²) < 4.78 is 17.4. The molecule has 6 rings (SSSR count). The van der Waals surface area contributed by atoms with Crippen molar-refractivity contribution in [3.05, 3.63) is 79.5 Å². The summed E-state index contributed by atoms with van der Waals surface area (Å²) in [5.41, 5.74) is 9.33. The van der Waals surface area contributed by atoms with Gasteiger partial charge in [0.25, 0.3) is 5.56 Å². The lowest BCUT2D eigenvalue weighted by Gasteiger charge is -2.52. The molecular weight excluding hydrogens is 714 g/mol. The number of piperazine rings is 1. The Labute approximate surface area is 312 Å². The molecule has 1 saturated heterocycles. The molecule has 5 heterocycles. The van der Waals surface area contributed by atoms with Crippen LogP contribution in [0.1, 0.15) is 44.4 Å². The summed E-state index contributed by atoms with van der Waals surface area (Å²) in [4.78, 5) is 46.3. The van der Waals surface area contributed by atoms with Crippen LogP contribution in [0, 0.1) is 12.7 Å². The first-order valence-electron chi connectivity index (χ1n) is 16.9. The third-order valence-electron chi connectivity index (χ3n) is 9.79. The number of anilines is 3. The van der Waals surface area contributed by atoms with Crippen molar-refractivity contribution in [3.8, 4) is 16.9 Å². The van der Waals surface area contributed by atoms with Crippen LogP contribution in [0.2, 0.25) is 15.1 Å². The first-order valence-corrected chi connectivity index (χ1v) is 18.1. The van der Waals surface area contributed by atoms with E-state index in [2.05, 4.69) is 21.3 Å². The number of aryl methyl sites for hydroxylation is 1. The minimum Gasteiger partial charge on any atom is -0.397 e. The van der Waals surface area contributed by atoms with Gasteiger partial charge >= 0.3 is 0 Å². The molecule has 0 saturated carbocycles. The van der Waals surface area contributed by atoms with Crippen LogP contribution in [-0.2, 0) is 4.79 Å². The average Bonchev–Trinajstić information content (AvgIpc) is 3.07. The first-order chi connectivity index (χ1) is 24.2. The van der Waals surface area contributed by atoms with E-state index >= 15 is 9.18 Å². The quantitative estimate of drug-likeness (QED) is 0.118. The molecule has 2 unspecified atom stereocenters. The van der Waals surface area contributed by atoms with Gasteiger partial charge in [-0.1, -0.05) is 55.2 Å². The lowest BCUT2D eigenvalue weighted by Crippen LogP contribution is -2.64. The molecule has 3 aromatic heterocycles. The van der Waals surface area contributed by atoms with Crippen LogP contribution in [0.25, 0.3) is 28.0 Å². The molecule has 0 radical (unpaired) electrons. The molecule has 10 nitrogen and oxygen atoms in total. The number of fused-ring (bicyclic) bond motifs is 5. The molecule has 1 aromatic carbocycles. The summed E-state index contributed by atoms with van der Waals surface area (Å²) in [6.07, 6.45) is 3.85. The number of nitrogens with zero attached hydrogens (tertiary/aromatic N) is 7. The van der Waals surface area contributed by atoms with E-state index in [1.54, 1.807) is 16.8 Å². The number of rotatable bonds is 8. The van der Waals surface area contributed by atoms with Crippen molar-refractivity contribution in [2.24, 2.45) is 0 Å². The minimum absolute atomic E-state index is 0.00530. The van der Waals surface area contributed by atoms with Crippen LogP contribution in [-0.4, -0.2) is 89.1 Å². The molecular formula is C37H42Cl3FN8O2. The Morgan fingerprint density at radius 1 is 1.12 bits per heavy atom. The van der Waals surface area contributed by atoms with Gasteiger partial charge in [-0.15, -0.1) is 0 Å². The fraction of sp³-hybridized carbons (Fsp3) is 0.405. The number of carbonyl (C=O) groups is 1. The maximum atomic E-state index is 15.8. The molecule has 0 aliphatic carbocycles. The van der Waals surface area contributed by atoms with Gasteiger partial charge in [-0.2, -0.15) is 0 Å². The molecule has 1 amide bonds. The van der Waals surface area contributed by atoms with Crippen LogP contribution in [0.5, 0.6) is 0 Å². The highest BCUT2D eigenvalue weighted by Crippen LogP contribution is 2.46. The molecule has 14 heteroatoms. The summed E-state index contributed by atoms with van der Waals surface area (Å²) in [5, 5.41) is 0.480. The highest BCUT2D eigenvalue weighted by molar-refractivity contribution is 6.38. The molecule has 0 spiro atoms. The number of benzene rings is 1. The van der Waals surface area contributed by atoms with Gasteiger partial charge in [0.1, 0.15) is 5.69 Å². The van der Waals surface area contributed by atoms with Gasteiger partial charge in [0, 0.05) is 43.8 Å². The van der Waals surface area contributed by atoms with E-state index in [9.17, 15) is 4.79 Å². The fourth-order valence-corrected chi connectivity index (χ4v) is 8.07. The van der Waals surface area contributed by atoms with Gasteiger partial charge in [0.2, 0.25) is 5.91 Å². The number of pyridine rings is 3. The topological polar surface area (TPSA) is 104 Å². The van der Waals surface area contributed by atoms with Crippen LogP contribution in [0.3, 0.4) is 0 Å². The number of nitrogens with two attached hydrogens (primary N) is 1. The van der Waals surface area contributed by atoms with E-state index in [1.165, 1.54) is 12.1 Å². The summed E-state index contributed by atoms with van der Waals surface area (Å²) in [7, 11) is 4.03. The number of nitrogen functional groups attached to an aromatic ring is 1. The van der Waals surface area contributed by atoms with Gasteiger partial charge < -0.3 is 25.3 Å². The van der Waals surface area contributed by atoms with Gasteiger partial charge in [-0.25, -0.2) is 9.37 Å². The molecule has 4 aromatic rings. The number of halogens is 4. The number of carbonyl (C=O) groups excluding carboxylic acids is 1. The standard InChI is InChI=1S/C37H42Cl3FN8O2/c1-8-27(50)47-18-22-17-46(13-9-12-45(6)7)35-34(48(22)16-21(47)5)23-14-26(40)32(28-29(41)24(38)15-25(39)30(28)42)44-36(23)49(37(35)51)33-20(4)10-11-43-31(33)19(2)3/h8,10-11,14-15,19,21-22H,1,9,12-13,16-18,42H2,2-7H3. The SMILES string of the molecule is C=CC(=O)N1CC2CN(CCCN(C)C)c3c(c4cc(Cl)c(-c5c(N)c(Cl)cc(Cl)c5F)nc4n(-c4c(C)ccnc4C(C)C)c3=O)N2CC1C. The van der Waals surface area contributed by atoms with E-state index in [-0.39, 0.29) is 67.1 Å². The fourth-order valence-electron chi connectivity index (χ4n) is 7.36. The van der Waals surface area contributed by atoms with Crippen molar-refractivity contribution in [1.82, 2.24) is 24.3 Å². The Hall–Kier alpha value is -3.90. The molecule has 51 heavy (non-hydrogen) atoms. The zero-order valence-corrected chi connectivity index (χ0v) is 31.9. The van der Waals surface area contributed by atoms with E-state index in [4.69, 9.17) is 50.5 Å². The number of amides is 1. The minimum atomic E-state index is -0.830. The zero-order chi connectivity index (χ0) is 37.0. The maximum Gasteiger partial charge on any atom is 0.282 e. The molecule has 2 atom stereocenters. The van der Waals surface area contributed by atoms with Crippen molar-refractivity contribution in [1.29, 1.82) is 0 Å². The van der Waals surface area contributed by atoms with Crippen molar-refractivity contribution in [2.45, 2.75) is 52.1 Å². The number of hydrogen-bond donors (Lipinski definition) is 1. The van der Waals surface area contributed by atoms with Crippen molar-refractivity contribution in [2.75, 3.05) is 62.4 Å². The van der Waals surface area contributed by atoms with Gasteiger partial charge in [0.15, 0.2) is 11.5 Å². The Morgan fingerprint density at radius 3 is 2.51 bits per heavy atom. The van der Waals surface area contributed by atoms with Gasteiger partial charge in [-0.3, -0.25) is 19.1 Å². The van der Waals surface area contributed by atoms with Crippen LogP contribution in [0.4, 0.5) is 21.5 Å². The Morgan fingerprint density at radius 2 is 1.84 bits per heavy atom. The third-order valence-corrected chi connectivity index (χ3v) is 10.7. The largest absolute Gasteiger partial charge is 0.397 e. The van der Waals surface area contributed by atoms with Gasteiger partial charge in [0.05, 0.1) is 55.1 Å². The number of hydrogen-bond acceptors (Lipinski definition) is 8. The predicted octanol–water partition coefficient (Wildman–Crippen LogP) is 6.92. The Balaban J connectivity index is 1.74. The van der Waals surface area contributed by atoms with Gasteiger partial charge in [-0.05, 0) is 76.7 Å². The predicted molar refractivity (Wildman–Crippen MR) is 207 cm³/mol. The van der Waals surface area contributed by atoms with Crippen LogP contribution < -0.4 is 21.1 Å². The van der Waals surface area contributed by atoms with Crippen LogP contribution >= 0.6 is 34.8 Å². The summed E-state index contributed by atoms with van der Waals surface area (Å²) in [6.45, 7) is 14.5. The average molecular weight is 756 g/mol. The highest BCUT2D eigenvalue weighted by Gasteiger charge is 2.42. The first kappa shape index (κ1) is 36.9. The van der Waals surface area contributed by atoms with E-state index in [1.807, 2.05) is 52.8 Å². The second-order valence-electron chi connectivity index (χ2n) is 13.9. The Bertz CT molecular complexity index is 2090. The van der Waals surface area contributed by atoms with Crippen molar-refractivity contribution < 1.29 is 9.18 Å². The molecule has 0 bridgehead atoms. The molecule has 1 fully saturated rings. The second-order valence-corrected chi connectivity index (χ2v) is 15.2. The Kier molecular flexibility index (Phi) is 10.3. The molecule has 2 aliphatic heterocycles. The molecule has 2 N–H and O–H groups in total. The van der Waals surface area contributed by atoms with E-state index in [0.29, 0.717) is 54.3 Å². The van der Waals surface area contributed by atoms with Crippen molar-refractivity contribution in [3.63, 3.8) is 0 Å². The summed E-state index contributed by atoms with van der Waals surface area (Å²) >= 11 is 19.7. The smallest absolute Gasteiger partial charge is 0.282 e. The normalized spacial score (nSPS) is 17.4. The zero-order valence-electron chi connectivity index (χ0n) is 29.6. The molecule has 2 aliphatic rings. The third kappa shape index (κ3) is 6.43. The van der Waals surface area contributed by atoms with E-state index in [0.717, 1.165) is 18.5 Å². The van der Waals surface area contributed by atoms with Crippen LogP contribution in [0.15, 0.2) is 41.8 Å². The summed E-state index contributed by atoms with van der Waals surface area (Å²) in [5.74, 6) is -1.03. The van der Waals surface area contributed by atoms with E-state index < -0.39 is 5.82 Å². The number of aromatic nitrogens is 3. The molecule has 270 valence electrons. The highest BCUT2D eigenvalue weighted by atomic mass is 35.5. The second kappa shape index (κ2) is 14.3. The van der Waals surface area contributed by atoms with Crippen molar-refractivity contribution >= 4 is 68.8 Å². The monoisotopic (exact) mass is 754 g/mol. The maximum absolute atomic E-state index is 15.8. The lowest BCUT2D eigenvalue weighted by atomic mass is 9.98. The lowest BCUT2D eigenvalue weighted by molar-refractivity contribution is -0.128. The summed E-state index contributed by atoms with van der Waals surface area (Å²) in [6, 6.07) is 4.46.